The van der Waals surface area contributed by atoms with Crippen LogP contribution in [0.25, 0.3) is 0 Å². The van der Waals surface area contributed by atoms with Crippen LogP contribution >= 0.6 is 0 Å². The molecule has 1 aromatic heterocycles. The van der Waals surface area contributed by atoms with E-state index in [0.29, 0.717) is 5.82 Å². The number of benzene rings is 1. The SMILES string of the molecule is Cc1ccc(Nc2ccc(C(=O)N3CCN(C)CC3)cc2)nn1. The number of carbonyl (C=O) groups excluding carboxylic acids is 1. The van der Waals surface area contributed by atoms with Crippen molar-refractivity contribution in [1.29, 1.82) is 0 Å². The van der Waals surface area contributed by atoms with Crippen LogP contribution in [0.3, 0.4) is 0 Å². The summed E-state index contributed by atoms with van der Waals surface area (Å²) in [5, 5.41) is 11.3. The van der Waals surface area contributed by atoms with Crippen LogP contribution in [0.4, 0.5) is 11.5 Å². The second-order valence-corrected chi connectivity index (χ2v) is 5.86. The van der Waals surface area contributed by atoms with Crippen molar-refractivity contribution in [2.24, 2.45) is 0 Å². The standard InChI is InChI=1S/C17H21N5O/c1-13-3-8-16(20-19-13)18-15-6-4-14(5-7-15)17(23)22-11-9-21(2)10-12-22/h3-8H,9-12H2,1-2H3,(H,18,20). The van der Waals surface area contributed by atoms with Gasteiger partial charge in [0.2, 0.25) is 0 Å². The molecule has 1 N–H and O–H groups in total. The molecule has 0 unspecified atom stereocenters. The Balaban J connectivity index is 1.64. The summed E-state index contributed by atoms with van der Waals surface area (Å²) in [6.07, 6.45) is 0. The van der Waals surface area contributed by atoms with Gasteiger partial charge in [0.1, 0.15) is 0 Å². The molecular formula is C17H21N5O. The molecule has 1 aliphatic rings. The number of hydrogen-bond acceptors (Lipinski definition) is 5. The number of hydrogen-bond donors (Lipinski definition) is 1. The number of likely N-dealkylation sites (N-methyl/N-ethyl adjacent to an activating group) is 1. The first kappa shape index (κ1) is 15.4. The van der Waals surface area contributed by atoms with E-state index >= 15 is 0 Å². The molecular weight excluding hydrogens is 290 g/mol. The van der Waals surface area contributed by atoms with Crippen molar-refractivity contribution in [2.75, 3.05) is 38.5 Å². The van der Waals surface area contributed by atoms with Crippen molar-refractivity contribution in [3.8, 4) is 0 Å². The van der Waals surface area contributed by atoms with Gasteiger partial charge in [-0.25, -0.2) is 0 Å². The van der Waals surface area contributed by atoms with Crippen LogP contribution in [0.2, 0.25) is 0 Å². The number of carbonyl (C=O) groups is 1. The predicted molar refractivity (Wildman–Crippen MR) is 89.9 cm³/mol. The third-order valence-electron chi connectivity index (χ3n) is 3.99. The lowest BCUT2D eigenvalue weighted by Crippen LogP contribution is -2.47. The van der Waals surface area contributed by atoms with Crippen LogP contribution < -0.4 is 5.32 Å². The molecule has 0 aliphatic carbocycles. The van der Waals surface area contributed by atoms with Crippen molar-refractivity contribution < 1.29 is 4.79 Å². The fourth-order valence-electron chi connectivity index (χ4n) is 2.50. The number of piperazine rings is 1. The topological polar surface area (TPSA) is 61.4 Å². The molecule has 120 valence electrons. The predicted octanol–water partition coefficient (Wildman–Crippen LogP) is 1.92. The largest absolute Gasteiger partial charge is 0.339 e. The molecule has 1 fully saturated rings. The number of amides is 1. The third-order valence-corrected chi connectivity index (χ3v) is 3.99. The molecule has 0 bridgehead atoms. The van der Waals surface area contributed by atoms with E-state index in [2.05, 4.69) is 27.5 Å². The molecule has 0 spiro atoms. The molecule has 1 amide bonds. The smallest absolute Gasteiger partial charge is 0.253 e. The fraction of sp³-hybridized carbons (Fsp3) is 0.353. The summed E-state index contributed by atoms with van der Waals surface area (Å²) in [6, 6.07) is 11.3. The van der Waals surface area contributed by atoms with E-state index in [4.69, 9.17) is 0 Å². The number of aromatic nitrogens is 2. The molecule has 2 heterocycles. The van der Waals surface area contributed by atoms with Crippen LogP contribution in [-0.4, -0.2) is 59.1 Å². The Kier molecular flexibility index (Phi) is 4.52. The van der Waals surface area contributed by atoms with Crippen LogP contribution in [-0.2, 0) is 0 Å². The number of rotatable bonds is 3. The minimum atomic E-state index is 0.0970. The summed E-state index contributed by atoms with van der Waals surface area (Å²) in [5.74, 6) is 0.786. The van der Waals surface area contributed by atoms with Crippen molar-refractivity contribution in [2.45, 2.75) is 6.92 Å². The highest BCUT2D eigenvalue weighted by atomic mass is 16.2. The Labute approximate surface area is 136 Å². The van der Waals surface area contributed by atoms with Crippen LogP contribution in [0.1, 0.15) is 16.1 Å². The highest BCUT2D eigenvalue weighted by Crippen LogP contribution is 2.16. The van der Waals surface area contributed by atoms with Crippen molar-refractivity contribution in [3.63, 3.8) is 0 Å². The first-order valence-corrected chi connectivity index (χ1v) is 7.77. The Morgan fingerprint density at radius 1 is 1.00 bits per heavy atom. The molecule has 1 saturated heterocycles. The molecule has 0 atom stereocenters. The average molecular weight is 311 g/mol. The van der Waals surface area contributed by atoms with Crippen LogP contribution in [0.15, 0.2) is 36.4 Å². The molecule has 1 aromatic carbocycles. The number of nitrogens with one attached hydrogen (secondary N) is 1. The van der Waals surface area contributed by atoms with Gasteiger partial charge in [0.25, 0.3) is 5.91 Å². The van der Waals surface area contributed by atoms with E-state index in [1.165, 1.54) is 0 Å². The second-order valence-electron chi connectivity index (χ2n) is 5.86. The summed E-state index contributed by atoms with van der Waals surface area (Å²) < 4.78 is 0. The number of aryl methyl sites for hydroxylation is 1. The zero-order chi connectivity index (χ0) is 16.2. The lowest BCUT2D eigenvalue weighted by atomic mass is 10.1. The Hall–Kier alpha value is -2.47. The van der Waals surface area contributed by atoms with Gasteiger partial charge in [0.15, 0.2) is 5.82 Å². The molecule has 6 nitrogen and oxygen atoms in total. The maximum Gasteiger partial charge on any atom is 0.253 e. The van der Waals surface area contributed by atoms with Gasteiger partial charge in [0, 0.05) is 37.4 Å². The zero-order valence-corrected chi connectivity index (χ0v) is 13.5. The second kappa shape index (κ2) is 6.75. The maximum atomic E-state index is 12.5. The molecule has 1 aliphatic heterocycles. The fourth-order valence-corrected chi connectivity index (χ4v) is 2.50. The molecule has 0 radical (unpaired) electrons. The Morgan fingerprint density at radius 2 is 1.70 bits per heavy atom. The van der Waals surface area contributed by atoms with E-state index < -0.39 is 0 Å². The summed E-state index contributed by atoms with van der Waals surface area (Å²) in [5.41, 5.74) is 2.48. The quantitative estimate of drug-likeness (QED) is 0.938. The molecule has 3 rings (SSSR count). The first-order valence-electron chi connectivity index (χ1n) is 7.77. The monoisotopic (exact) mass is 311 g/mol. The summed E-state index contributed by atoms with van der Waals surface area (Å²) in [7, 11) is 2.08. The highest BCUT2D eigenvalue weighted by Gasteiger charge is 2.20. The minimum absolute atomic E-state index is 0.0970. The van der Waals surface area contributed by atoms with Crippen LogP contribution in [0.5, 0.6) is 0 Å². The zero-order valence-electron chi connectivity index (χ0n) is 13.5. The minimum Gasteiger partial charge on any atom is -0.339 e. The van der Waals surface area contributed by atoms with Crippen molar-refractivity contribution >= 4 is 17.4 Å². The highest BCUT2D eigenvalue weighted by molar-refractivity contribution is 5.94. The lowest BCUT2D eigenvalue weighted by molar-refractivity contribution is 0.0664. The van der Waals surface area contributed by atoms with Gasteiger partial charge in [-0.05, 0) is 50.4 Å². The number of anilines is 2. The number of nitrogens with zero attached hydrogens (tertiary/aromatic N) is 4. The average Bonchev–Trinajstić information content (AvgIpc) is 2.58. The first-order chi connectivity index (χ1) is 11.1. The van der Waals surface area contributed by atoms with E-state index in [0.717, 1.165) is 43.1 Å². The van der Waals surface area contributed by atoms with E-state index in [-0.39, 0.29) is 5.91 Å². The van der Waals surface area contributed by atoms with Gasteiger partial charge in [-0.3, -0.25) is 4.79 Å². The normalized spacial score (nSPS) is 15.5. The van der Waals surface area contributed by atoms with Gasteiger partial charge < -0.3 is 15.1 Å². The summed E-state index contributed by atoms with van der Waals surface area (Å²) >= 11 is 0. The lowest BCUT2D eigenvalue weighted by Gasteiger charge is -2.32. The van der Waals surface area contributed by atoms with Crippen molar-refractivity contribution in [1.82, 2.24) is 20.0 Å². The van der Waals surface area contributed by atoms with Gasteiger partial charge in [-0.2, -0.15) is 5.10 Å². The molecule has 0 saturated carbocycles. The molecule has 2 aromatic rings. The van der Waals surface area contributed by atoms with E-state index in [9.17, 15) is 4.79 Å². The van der Waals surface area contributed by atoms with Crippen LogP contribution in [0, 0.1) is 6.92 Å². The van der Waals surface area contributed by atoms with Gasteiger partial charge in [-0.15, -0.1) is 5.10 Å². The Morgan fingerprint density at radius 3 is 2.30 bits per heavy atom. The van der Waals surface area contributed by atoms with E-state index in [1.54, 1.807) is 0 Å². The van der Waals surface area contributed by atoms with Gasteiger partial charge in [-0.1, -0.05) is 0 Å². The molecule has 6 heteroatoms. The maximum absolute atomic E-state index is 12.5. The van der Waals surface area contributed by atoms with Gasteiger partial charge in [0.05, 0.1) is 5.69 Å². The Bertz CT molecular complexity index is 660. The summed E-state index contributed by atoms with van der Waals surface area (Å²) in [4.78, 5) is 16.6. The van der Waals surface area contributed by atoms with Gasteiger partial charge >= 0.3 is 0 Å². The molecule has 23 heavy (non-hydrogen) atoms. The summed E-state index contributed by atoms with van der Waals surface area (Å²) in [6.45, 7) is 5.33. The third kappa shape index (κ3) is 3.84. The van der Waals surface area contributed by atoms with Crippen molar-refractivity contribution in [3.05, 3.63) is 47.7 Å². The van der Waals surface area contributed by atoms with E-state index in [1.807, 2.05) is 48.2 Å².